The van der Waals surface area contributed by atoms with Gasteiger partial charge >= 0.3 is 5.97 Å². The summed E-state index contributed by atoms with van der Waals surface area (Å²) in [7, 11) is 0. The van der Waals surface area contributed by atoms with Crippen molar-refractivity contribution in [2.24, 2.45) is 11.8 Å². The number of carbonyl (C=O) groups is 4. The normalized spacial score (nSPS) is 20.6. The molecule has 0 spiro atoms. The van der Waals surface area contributed by atoms with E-state index in [1.165, 1.54) is 0 Å². The van der Waals surface area contributed by atoms with Crippen LogP contribution in [0.5, 0.6) is 0 Å². The molecule has 0 aromatic heterocycles. The Morgan fingerprint density at radius 1 is 1.14 bits per heavy atom. The summed E-state index contributed by atoms with van der Waals surface area (Å²) in [6.07, 6.45) is 5.61. The monoisotopic (exact) mass is 398 g/mol. The van der Waals surface area contributed by atoms with Crippen molar-refractivity contribution in [3.8, 4) is 0 Å². The fourth-order valence-corrected chi connectivity index (χ4v) is 3.89. The summed E-state index contributed by atoms with van der Waals surface area (Å²) in [4.78, 5) is 50.1. The molecule has 154 valence electrons. The molecule has 1 N–H and O–H groups in total. The first-order valence-electron chi connectivity index (χ1n) is 9.96. The molecule has 1 saturated heterocycles. The van der Waals surface area contributed by atoms with Crippen molar-refractivity contribution in [2.45, 2.75) is 39.5 Å². The van der Waals surface area contributed by atoms with Crippen molar-refractivity contribution >= 4 is 29.4 Å². The van der Waals surface area contributed by atoms with Gasteiger partial charge in [0.1, 0.15) is 0 Å². The van der Waals surface area contributed by atoms with Gasteiger partial charge in [-0.25, -0.2) is 0 Å². The van der Waals surface area contributed by atoms with Crippen molar-refractivity contribution in [3.63, 3.8) is 0 Å². The number of likely N-dealkylation sites (tertiary alicyclic amines) is 1. The Hall–Kier alpha value is -2.96. The Bertz CT molecular complexity index is 835. The highest BCUT2D eigenvalue weighted by Gasteiger charge is 2.46. The Morgan fingerprint density at radius 2 is 1.79 bits per heavy atom. The van der Waals surface area contributed by atoms with Gasteiger partial charge in [0, 0.05) is 12.2 Å². The number of hydrogen-bond acceptors (Lipinski definition) is 5. The lowest BCUT2D eigenvalue weighted by Crippen LogP contribution is -2.33. The molecular formula is C22H26N2O5. The lowest BCUT2D eigenvalue weighted by atomic mass is 9.85. The molecule has 0 bridgehead atoms. The van der Waals surface area contributed by atoms with E-state index in [1.54, 1.807) is 0 Å². The molecule has 0 saturated carbocycles. The van der Waals surface area contributed by atoms with Crippen LogP contribution in [0.15, 0.2) is 30.4 Å². The summed E-state index contributed by atoms with van der Waals surface area (Å²) in [6, 6.07) is 5.76. The predicted molar refractivity (Wildman–Crippen MR) is 107 cm³/mol. The van der Waals surface area contributed by atoms with Gasteiger partial charge in [-0.2, -0.15) is 0 Å². The Morgan fingerprint density at radius 3 is 2.41 bits per heavy atom. The van der Waals surface area contributed by atoms with Crippen LogP contribution in [0.3, 0.4) is 0 Å². The van der Waals surface area contributed by atoms with Crippen LogP contribution >= 0.6 is 0 Å². The second-order valence-electron chi connectivity index (χ2n) is 7.41. The number of ether oxygens (including phenoxy) is 1. The van der Waals surface area contributed by atoms with Gasteiger partial charge in [-0.05, 0) is 37.3 Å². The molecule has 7 nitrogen and oxygen atoms in total. The molecule has 2 aliphatic rings. The first-order chi connectivity index (χ1) is 13.9. The minimum atomic E-state index is -0.616. The van der Waals surface area contributed by atoms with Gasteiger partial charge in [0.25, 0.3) is 5.91 Å². The number of aryl methyl sites for hydroxylation is 2. The van der Waals surface area contributed by atoms with Gasteiger partial charge in [-0.3, -0.25) is 24.1 Å². The molecule has 1 aliphatic heterocycles. The minimum absolute atomic E-state index is 0.0110. The number of nitrogens with zero attached hydrogens (tertiary/aromatic N) is 1. The molecule has 2 atom stereocenters. The molecule has 7 heteroatoms. The quantitative estimate of drug-likeness (QED) is 0.432. The standard InChI is InChI=1S/C22H26N2O5/c1-3-15-8-6-7-14(2)20(15)23-18(25)13-29-19(26)11-12-24-21(27)16-9-4-5-10-17(16)22(24)28/h4-8,16-17H,3,9-13H2,1-2H3,(H,23,25)/t16-,17-/m1/s1. The first-order valence-corrected chi connectivity index (χ1v) is 9.96. The van der Waals surface area contributed by atoms with E-state index in [4.69, 9.17) is 4.74 Å². The molecule has 1 aromatic rings. The van der Waals surface area contributed by atoms with Gasteiger partial charge in [0.2, 0.25) is 11.8 Å². The number of imide groups is 1. The topological polar surface area (TPSA) is 92.8 Å². The van der Waals surface area contributed by atoms with Crippen molar-refractivity contribution in [3.05, 3.63) is 41.5 Å². The number of rotatable bonds is 7. The van der Waals surface area contributed by atoms with Crippen LogP contribution in [0.2, 0.25) is 0 Å². The van der Waals surface area contributed by atoms with E-state index in [1.807, 2.05) is 44.2 Å². The van der Waals surface area contributed by atoms with Gasteiger partial charge < -0.3 is 10.1 Å². The van der Waals surface area contributed by atoms with Gasteiger partial charge in [0.05, 0.1) is 18.3 Å². The molecule has 1 fully saturated rings. The number of benzene rings is 1. The average Bonchev–Trinajstić information content (AvgIpc) is 2.96. The van der Waals surface area contributed by atoms with Crippen LogP contribution in [0.4, 0.5) is 5.69 Å². The molecule has 1 heterocycles. The third kappa shape index (κ3) is 4.55. The predicted octanol–water partition coefficient (Wildman–Crippen LogP) is 2.38. The summed E-state index contributed by atoms with van der Waals surface area (Å²) < 4.78 is 5.03. The lowest BCUT2D eigenvalue weighted by Gasteiger charge is -2.15. The highest BCUT2D eigenvalue weighted by atomic mass is 16.5. The van der Waals surface area contributed by atoms with Crippen LogP contribution in [0.1, 0.15) is 37.3 Å². The van der Waals surface area contributed by atoms with Gasteiger partial charge in [-0.15, -0.1) is 0 Å². The van der Waals surface area contributed by atoms with E-state index >= 15 is 0 Å². The largest absolute Gasteiger partial charge is 0.456 e. The molecular weight excluding hydrogens is 372 g/mol. The number of esters is 1. The number of para-hydroxylation sites is 1. The third-order valence-electron chi connectivity index (χ3n) is 5.51. The van der Waals surface area contributed by atoms with Crippen molar-refractivity contribution in [1.82, 2.24) is 4.90 Å². The van der Waals surface area contributed by atoms with E-state index in [0.717, 1.165) is 28.1 Å². The molecule has 3 amide bonds. The van der Waals surface area contributed by atoms with Crippen molar-refractivity contribution < 1.29 is 23.9 Å². The highest BCUT2D eigenvalue weighted by Crippen LogP contribution is 2.35. The average molecular weight is 398 g/mol. The zero-order chi connectivity index (χ0) is 21.0. The summed E-state index contributed by atoms with van der Waals surface area (Å²) in [6.45, 7) is 3.48. The van der Waals surface area contributed by atoms with Crippen molar-refractivity contribution in [1.29, 1.82) is 0 Å². The number of hydrogen-bond donors (Lipinski definition) is 1. The smallest absolute Gasteiger partial charge is 0.308 e. The zero-order valence-electron chi connectivity index (χ0n) is 16.8. The molecule has 0 radical (unpaired) electrons. The summed E-state index contributed by atoms with van der Waals surface area (Å²) >= 11 is 0. The fourth-order valence-electron chi connectivity index (χ4n) is 3.89. The molecule has 0 unspecified atom stereocenters. The Labute approximate surface area is 170 Å². The maximum atomic E-state index is 12.4. The Kier molecular flexibility index (Phi) is 6.46. The second-order valence-corrected chi connectivity index (χ2v) is 7.41. The van der Waals surface area contributed by atoms with Crippen LogP contribution in [0, 0.1) is 18.8 Å². The zero-order valence-corrected chi connectivity index (χ0v) is 16.8. The molecule has 29 heavy (non-hydrogen) atoms. The van der Waals surface area contributed by atoms with Crippen LogP contribution in [0.25, 0.3) is 0 Å². The van der Waals surface area contributed by atoms with E-state index in [-0.39, 0.29) is 36.6 Å². The Balaban J connectivity index is 1.46. The lowest BCUT2D eigenvalue weighted by molar-refractivity contribution is -0.148. The van der Waals surface area contributed by atoms with E-state index in [2.05, 4.69) is 5.32 Å². The highest BCUT2D eigenvalue weighted by molar-refractivity contribution is 6.05. The fraction of sp³-hybridized carbons (Fsp3) is 0.455. The van der Waals surface area contributed by atoms with Crippen LogP contribution in [-0.2, 0) is 30.3 Å². The molecule has 1 aromatic carbocycles. The van der Waals surface area contributed by atoms with E-state index < -0.39 is 18.5 Å². The van der Waals surface area contributed by atoms with E-state index in [9.17, 15) is 19.2 Å². The summed E-state index contributed by atoms with van der Waals surface area (Å²) in [5.74, 6) is -2.10. The van der Waals surface area contributed by atoms with Crippen LogP contribution in [-0.4, -0.2) is 41.7 Å². The summed E-state index contributed by atoms with van der Waals surface area (Å²) in [5, 5.41) is 2.79. The number of allylic oxidation sites excluding steroid dienone is 2. The molecule has 1 aliphatic carbocycles. The number of fused-ring (bicyclic) bond motifs is 1. The number of anilines is 1. The maximum Gasteiger partial charge on any atom is 0.308 e. The SMILES string of the molecule is CCc1cccc(C)c1NC(=O)COC(=O)CCN1C(=O)[C@@H]2CC=CC[C@H]2C1=O. The van der Waals surface area contributed by atoms with Gasteiger partial charge in [0.15, 0.2) is 6.61 Å². The maximum absolute atomic E-state index is 12.4. The van der Waals surface area contributed by atoms with Crippen molar-refractivity contribution in [2.75, 3.05) is 18.5 Å². The summed E-state index contributed by atoms with van der Waals surface area (Å²) in [5.41, 5.74) is 2.68. The number of nitrogens with one attached hydrogen (secondary N) is 1. The van der Waals surface area contributed by atoms with E-state index in [0.29, 0.717) is 12.8 Å². The first kappa shape index (κ1) is 20.8. The third-order valence-corrected chi connectivity index (χ3v) is 5.51. The molecule has 3 rings (SSSR count). The number of carbonyl (C=O) groups excluding carboxylic acids is 4. The van der Waals surface area contributed by atoms with Crippen LogP contribution < -0.4 is 5.32 Å². The minimum Gasteiger partial charge on any atom is -0.456 e. The second kappa shape index (κ2) is 9.03. The number of amides is 3. The van der Waals surface area contributed by atoms with Gasteiger partial charge in [-0.1, -0.05) is 37.3 Å².